The number of likely N-dealkylation sites (tertiary alicyclic amines) is 1. The van der Waals surface area contributed by atoms with E-state index in [1.165, 1.54) is 25.7 Å². The average Bonchev–Trinajstić information content (AvgIpc) is 2.68. The van der Waals surface area contributed by atoms with E-state index in [1.807, 2.05) is 12.1 Å². The highest BCUT2D eigenvalue weighted by Crippen LogP contribution is 2.41. The van der Waals surface area contributed by atoms with Gasteiger partial charge in [-0.05, 0) is 38.1 Å². The van der Waals surface area contributed by atoms with Gasteiger partial charge in [-0.25, -0.2) is 0 Å². The summed E-state index contributed by atoms with van der Waals surface area (Å²) >= 11 is 0. The fourth-order valence-electron chi connectivity index (χ4n) is 3.27. The first-order valence-electron chi connectivity index (χ1n) is 7.21. The molecule has 0 saturated carbocycles. The van der Waals surface area contributed by atoms with Crippen molar-refractivity contribution in [3.8, 4) is 11.5 Å². The molecule has 2 atom stereocenters. The molecule has 0 aliphatic carbocycles. The van der Waals surface area contributed by atoms with E-state index in [2.05, 4.69) is 4.90 Å². The average molecular weight is 262 g/mol. The molecule has 104 valence electrons. The number of fused-ring (bicyclic) bond motifs is 1. The molecule has 4 nitrogen and oxygen atoms in total. The minimum Gasteiger partial charge on any atom is -0.507 e. The Morgan fingerprint density at radius 1 is 1.16 bits per heavy atom. The van der Waals surface area contributed by atoms with Crippen LogP contribution in [0.5, 0.6) is 11.5 Å². The predicted molar refractivity (Wildman–Crippen MR) is 74.4 cm³/mol. The smallest absolute Gasteiger partial charge is 0.127 e. The van der Waals surface area contributed by atoms with Gasteiger partial charge in [0.2, 0.25) is 0 Å². The quantitative estimate of drug-likeness (QED) is 0.813. The van der Waals surface area contributed by atoms with E-state index in [9.17, 15) is 5.11 Å². The first-order chi connectivity index (χ1) is 9.27. The third-order valence-electron chi connectivity index (χ3n) is 4.21. The first kappa shape index (κ1) is 12.8. The molecule has 0 spiro atoms. The van der Waals surface area contributed by atoms with Crippen molar-refractivity contribution in [3.63, 3.8) is 0 Å². The zero-order valence-corrected chi connectivity index (χ0v) is 11.2. The van der Waals surface area contributed by atoms with Crippen molar-refractivity contribution in [3.05, 3.63) is 23.8 Å². The van der Waals surface area contributed by atoms with Gasteiger partial charge in [0.15, 0.2) is 0 Å². The van der Waals surface area contributed by atoms with Crippen LogP contribution in [0.15, 0.2) is 18.2 Å². The number of hydrogen-bond acceptors (Lipinski definition) is 4. The molecule has 0 amide bonds. The molecule has 19 heavy (non-hydrogen) atoms. The molecule has 1 aromatic carbocycles. The Hall–Kier alpha value is -1.26. The van der Waals surface area contributed by atoms with Crippen LogP contribution in [0, 0.1) is 0 Å². The minimum atomic E-state index is -0.0705. The summed E-state index contributed by atoms with van der Waals surface area (Å²) in [5.41, 5.74) is 7.14. The molecule has 0 aromatic heterocycles. The van der Waals surface area contributed by atoms with E-state index in [0.717, 1.165) is 24.4 Å². The van der Waals surface area contributed by atoms with Gasteiger partial charge in [-0.15, -0.1) is 0 Å². The van der Waals surface area contributed by atoms with Crippen LogP contribution in [-0.2, 0) is 0 Å². The van der Waals surface area contributed by atoms with Gasteiger partial charge in [0.05, 0.1) is 17.6 Å². The molecule has 1 aromatic rings. The summed E-state index contributed by atoms with van der Waals surface area (Å²) in [7, 11) is 0. The van der Waals surface area contributed by atoms with Crippen molar-refractivity contribution >= 4 is 0 Å². The van der Waals surface area contributed by atoms with Crippen LogP contribution in [0.25, 0.3) is 0 Å². The Balaban J connectivity index is 1.95. The van der Waals surface area contributed by atoms with Gasteiger partial charge in [-0.2, -0.15) is 0 Å². The van der Waals surface area contributed by atoms with Gasteiger partial charge in [0.1, 0.15) is 18.1 Å². The Morgan fingerprint density at radius 3 is 2.63 bits per heavy atom. The second kappa shape index (κ2) is 5.39. The number of benzene rings is 1. The van der Waals surface area contributed by atoms with E-state index >= 15 is 0 Å². The van der Waals surface area contributed by atoms with Gasteiger partial charge in [-0.1, -0.05) is 18.9 Å². The number of phenolic OH excluding ortho intramolecular Hbond substituents is 1. The maximum absolute atomic E-state index is 10.2. The molecule has 3 N–H and O–H groups in total. The lowest BCUT2D eigenvalue weighted by Gasteiger charge is -2.39. The van der Waals surface area contributed by atoms with Gasteiger partial charge < -0.3 is 15.6 Å². The van der Waals surface area contributed by atoms with Crippen LogP contribution in [0.4, 0.5) is 0 Å². The molecule has 2 aliphatic heterocycles. The van der Waals surface area contributed by atoms with Crippen molar-refractivity contribution in [1.29, 1.82) is 0 Å². The summed E-state index contributed by atoms with van der Waals surface area (Å²) in [6.45, 7) is 2.65. The molecular formula is C15H22N2O2. The maximum Gasteiger partial charge on any atom is 0.127 e. The molecule has 1 fully saturated rings. The number of nitrogens with zero attached hydrogens (tertiary/aromatic N) is 1. The van der Waals surface area contributed by atoms with Crippen LogP contribution in [-0.4, -0.2) is 35.7 Å². The SMILES string of the molecule is NC1COc2cccc(O)c2C1N1CCCCCC1. The van der Waals surface area contributed by atoms with E-state index in [1.54, 1.807) is 6.07 Å². The second-order valence-corrected chi connectivity index (χ2v) is 5.56. The van der Waals surface area contributed by atoms with E-state index in [-0.39, 0.29) is 12.1 Å². The number of rotatable bonds is 1. The molecule has 4 heteroatoms. The van der Waals surface area contributed by atoms with Crippen LogP contribution in [0.3, 0.4) is 0 Å². The monoisotopic (exact) mass is 262 g/mol. The summed E-state index contributed by atoms with van der Waals surface area (Å²) in [6.07, 6.45) is 5.02. The number of phenols is 1. The molecule has 0 bridgehead atoms. The van der Waals surface area contributed by atoms with Crippen LogP contribution >= 0.6 is 0 Å². The van der Waals surface area contributed by atoms with Crippen LogP contribution in [0.2, 0.25) is 0 Å². The predicted octanol–water partition coefficient (Wildman–Crippen LogP) is 2.03. The van der Waals surface area contributed by atoms with Gasteiger partial charge in [0.25, 0.3) is 0 Å². The van der Waals surface area contributed by atoms with Crippen molar-refractivity contribution in [2.45, 2.75) is 37.8 Å². The summed E-state index contributed by atoms with van der Waals surface area (Å²) in [6, 6.07) is 5.49. The van der Waals surface area contributed by atoms with Gasteiger partial charge >= 0.3 is 0 Å². The summed E-state index contributed by atoms with van der Waals surface area (Å²) < 4.78 is 5.66. The topological polar surface area (TPSA) is 58.7 Å². The largest absolute Gasteiger partial charge is 0.507 e. The molecule has 2 unspecified atom stereocenters. The van der Waals surface area contributed by atoms with Crippen molar-refractivity contribution in [1.82, 2.24) is 4.90 Å². The van der Waals surface area contributed by atoms with Gasteiger partial charge in [0, 0.05) is 0 Å². The minimum absolute atomic E-state index is 0.0705. The lowest BCUT2D eigenvalue weighted by molar-refractivity contribution is 0.119. The highest BCUT2D eigenvalue weighted by atomic mass is 16.5. The molecule has 0 radical (unpaired) electrons. The third kappa shape index (κ3) is 2.42. The lowest BCUT2D eigenvalue weighted by Crippen LogP contribution is -2.47. The Morgan fingerprint density at radius 2 is 1.89 bits per heavy atom. The summed E-state index contributed by atoms with van der Waals surface area (Å²) in [5.74, 6) is 1.10. The number of ether oxygens (including phenoxy) is 1. The molecule has 3 rings (SSSR count). The van der Waals surface area contributed by atoms with Gasteiger partial charge in [-0.3, -0.25) is 4.90 Å². The first-order valence-corrected chi connectivity index (χ1v) is 7.21. The standard InChI is InChI=1S/C15H22N2O2/c16-11-10-19-13-7-5-6-12(18)14(13)15(11)17-8-3-1-2-4-9-17/h5-7,11,15,18H,1-4,8-10,16H2. The highest BCUT2D eigenvalue weighted by Gasteiger charge is 2.35. The van der Waals surface area contributed by atoms with E-state index < -0.39 is 0 Å². The summed E-state index contributed by atoms with van der Waals surface area (Å²) in [5, 5.41) is 10.2. The zero-order chi connectivity index (χ0) is 13.2. The van der Waals surface area contributed by atoms with Crippen molar-refractivity contribution in [2.24, 2.45) is 5.73 Å². The Kier molecular flexibility index (Phi) is 3.62. The number of aromatic hydroxyl groups is 1. The van der Waals surface area contributed by atoms with Crippen molar-refractivity contribution < 1.29 is 9.84 Å². The molecule has 2 heterocycles. The van der Waals surface area contributed by atoms with E-state index in [0.29, 0.717) is 12.4 Å². The molecule has 1 saturated heterocycles. The number of nitrogens with two attached hydrogens (primary N) is 1. The normalized spacial score (nSPS) is 28.3. The van der Waals surface area contributed by atoms with Crippen LogP contribution < -0.4 is 10.5 Å². The zero-order valence-electron chi connectivity index (χ0n) is 11.2. The fourth-order valence-corrected chi connectivity index (χ4v) is 3.27. The maximum atomic E-state index is 10.2. The van der Waals surface area contributed by atoms with E-state index in [4.69, 9.17) is 10.5 Å². The third-order valence-corrected chi connectivity index (χ3v) is 4.21. The Bertz CT molecular complexity index is 442. The second-order valence-electron chi connectivity index (χ2n) is 5.56. The van der Waals surface area contributed by atoms with Crippen LogP contribution in [0.1, 0.15) is 37.3 Å². The Labute approximate surface area is 114 Å². The molecular weight excluding hydrogens is 240 g/mol. The fraction of sp³-hybridized carbons (Fsp3) is 0.600. The summed E-state index contributed by atoms with van der Waals surface area (Å²) in [4.78, 5) is 2.43. The van der Waals surface area contributed by atoms with Crippen molar-refractivity contribution in [2.75, 3.05) is 19.7 Å². The highest BCUT2D eigenvalue weighted by molar-refractivity contribution is 5.48. The number of hydrogen-bond donors (Lipinski definition) is 2. The lowest BCUT2D eigenvalue weighted by atomic mass is 9.94. The molecule has 2 aliphatic rings.